The number of nitrogens with two attached hydrogens (primary N) is 1. The lowest BCUT2D eigenvalue weighted by molar-refractivity contribution is 0.0986. The SMILES string of the molecule is CCCCN(C(=O)c1ccn(C)c(=O)c1)c1c(N)n(CC(C)C)c(=O)[nH]c1=O. The lowest BCUT2D eigenvalue weighted by Gasteiger charge is -2.25. The van der Waals surface area contributed by atoms with Gasteiger partial charge in [-0.05, 0) is 18.4 Å². The molecule has 0 saturated carbocycles. The molecule has 9 heteroatoms. The molecule has 0 unspecified atom stereocenters. The van der Waals surface area contributed by atoms with Crippen molar-refractivity contribution in [3.05, 3.63) is 55.1 Å². The van der Waals surface area contributed by atoms with Crippen molar-refractivity contribution in [1.29, 1.82) is 0 Å². The first-order valence-corrected chi connectivity index (χ1v) is 9.28. The van der Waals surface area contributed by atoms with E-state index in [-0.39, 0.29) is 35.1 Å². The van der Waals surface area contributed by atoms with Gasteiger partial charge in [-0.25, -0.2) is 4.79 Å². The quantitative estimate of drug-likeness (QED) is 0.729. The minimum absolute atomic E-state index is 0.0595. The van der Waals surface area contributed by atoms with Crippen molar-refractivity contribution in [3.8, 4) is 0 Å². The Bertz CT molecular complexity index is 1030. The number of nitrogen functional groups attached to an aromatic ring is 1. The number of rotatable bonds is 7. The summed E-state index contributed by atoms with van der Waals surface area (Å²) in [6.07, 6.45) is 2.89. The fourth-order valence-electron chi connectivity index (χ4n) is 2.85. The lowest BCUT2D eigenvalue weighted by atomic mass is 10.2. The number of carbonyl (C=O) groups is 1. The maximum atomic E-state index is 13.1. The summed E-state index contributed by atoms with van der Waals surface area (Å²) < 4.78 is 2.61. The number of H-pyrrole nitrogens is 1. The van der Waals surface area contributed by atoms with Crippen LogP contribution in [0, 0.1) is 5.92 Å². The minimum atomic E-state index is -0.726. The van der Waals surface area contributed by atoms with E-state index in [0.29, 0.717) is 13.0 Å². The monoisotopic (exact) mass is 389 g/mol. The number of hydrogen-bond acceptors (Lipinski definition) is 5. The highest BCUT2D eigenvalue weighted by atomic mass is 16.2. The second-order valence-corrected chi connectivity index (χ2v) is 7.17. The molecule has 2 heterocycles. The minimum Gasteiger partial charge on any atom is -0.383 e. The van der Waals surface area contributed by atoms with Crippen molar-refractivity contribution in [2.24, 2.45) is 13.0 Å². The summed E-state index contributed by atoms with van der Waals surface area (Å²) in [5.41, 5.74) is 4.56. The Balaban J connectivity index is 2.64. The number of nitrogens with zero attached hydrogens (tertiary/aromatic N) is 3. The molecule has 0 bridgehead atoms. The predicted molar refractivity (Wildman–Crippen MR) is 109 cm³/mol. The van der Waals surface area contributed by atoms with E-state index in [1.54, 1.807) is 7.05 Å². The average Bonchev–Trinajstić information content (AvgIpc) is 2.62. The maximum absolute atomic E-state index is 13.1. The van der Waals surface area contributed by atoms with E-state index < -0.39 is 17.2 Å². The highest BCUT2D eigenvalue weighted by Crippen LogP contribution is 2.20. The molecule has 0 fully saturated rings. The Hall–Kier alpha value is -3.10. The van der Waals surface area contributed by atoms with Gasteiger partial charge in [0.15, 0.2) is 5.69 Å². The van der Waals surface area contributed by atoms with Gasteiger partial charge < -0.3 is 15.2 Å². The third-order valence-corrected chi connectivity index (χ3v) is 4.36. The molecule has 2 rings (SSSR count). The fraction of sp³-hybridized carbons (Fsp3) is 0.474. The zero-order valence-electron chi connectivity index (χ0n) is 16.7. The standard InChI is InChI=1S/C19H27N5O4/c1-5-6-8-23(18(27)13-7-9-22(4)14(25)10-13)15-16(20)24(11-12(2)3)19(28)21-17(15)26/h7,9-10,12H,5-6,8,11,20H2,1-4H3,(H,21,26,28). The van der Waals surface area contributed by atoms with E-state index in [2.05, 4.69) is 4.98 Å². The molecule has 2 aromatic rings. The van der Waals surface area contributed by atoms with E-state index in [1.165, 1.54) is 32.4 Å². The number of pyridine rings is 1. The topological polar surface area (TPSA) is 123 Å². The van der Waals surface area contributed by atoms with Gasteiger partial charge in [0.05, 0.1) is 0 Å². The van der Waals surface area contributed by atoms with E-state index in [4.69, 9.17) is 5.73 Å². The van der Waals surface area contributed by atoms with Crippen LogP contribution in [0.2, 0.25) is 0 Å². The highest BCUT2D eigenvalue weighted by Gasteiger charge is 2.25. The molecular weight excluding hydrogens is 362 g/mol. The van der Waals surface area contributed by atoms with Gasteiger partial charge in [-0.3, -0.25) is 23.9 Å². The third-order valence-electron chi connectivity index (χ3n) is 4.36. The van der Waals surface area contributed by atoms with Crippen molar-refractivity contribution < 1.29 is 4.79 Å². The van der Waals surface area contributed by atoms with Crippen LogP contribution in [-0.4, -0.2) is 26.6 Å². The molecule has 0 radical (unpaired) electrons. The molecule has 0 aromatic carbocycles. The smallest absolute Gasteiger partial charge is 0.330 e. The number of carbonyl (C=O) groups excluding carboxylic acids is 1. The van der Waals surface area contributed by atoms with Gasteiger partial charge >= 0.3 is 5.69 Å². The molecule has 2 aromatic heterocycles. The van der Waals surface area contributed by atoms with E-state index in [0.717, 1.165) is 6.42 Å². The van der Waals surface area contributed by atoms with E-state index in [1.807, 2.05) is 20.8 Å². The Labute approximate surface area is 162 Å². The van der Waals surface area contributed by atoms with Crippen LogP contribution in [0.3, 0.4) is 0 Å². The van der Waals surface area contributed by atoms with Crippen molar-refractivity contribution in [2.45, 2.75) is 40.2 Å². The summed E-state index contributed by atoms with van der Waals surface area (Å²) in [4.78, 5) is 53.3. The van der Waals surface area contributed by atoms with Gasteiger partial charge in [-0.2, -0.15) is 0 Å². The lowest BCUT2D eigenvalue weighted by Crippen LogP contribution is -2.42. The average molecular weight is 389 g/mol. The van der Waals surface area contributed by atoms with Crippen molar-refractivity contribution >= 4 is 17.4 Å². The number of hydrogen-bond donors (Lipinski definition) is 2. The molecule has 28 heavy (non-hydrogen) atoms. The third kappa shape index (κ3) is 4.41. The Morgan fingerprint density at radius 2 is 1.96 bits per heavy atom. The van der Waals surface area contributed by atoms with Gasteiger partial charge in [-0.1, -0.05) is 27.2 Å². The maximum Gasteiger partial charge on any atom is 0.330 e. The zero-order valence-corrected chi connectivity index (χ0v) is 16.7. The van der Waals surface area contributed by atoms with Crippen molar-refractivity contribution in [1.82, 2.24) is 14.1 Å². The van der Waals surface area contributed by atoms with Gasteiger partial charge in [0.1, 0.15) is 5.82 Å². The summed E-state index contributed by atoms with van der Waals surface area (Å²) in [6, 6.07) is 2.73. The fourth-order valence-corrected chi connectivity index (χ4v) is 2.85. The van der Waals surface area contributed by atoms with Crippen LogP contribution in [0.5, 0.6) is 0 Å². The first-order valence-electron chi connectivity index (χ1n) is 9.28. The molecule has 0 aliphatic rings. The predicted octanol–water partition coefficient (Wildman–Crippen LogP) is 0.920. The largest absolute Gasteiger partial charge is 0.383 e. The molecule has 152 valence electrons. The van der Waals surface area contributed by atoms with Crippen LogP contribution in [0.15, 0.2) is 32.7 Å². The first kappa shape index (κ1) is 21.2. The molecule has 0 aliphatic heterocycles. The van der Waals surface area contributed by atoms with Crippen LogP contribution in [0.1, 0.15) is 44.0 Å². The summed E-state index contributed by atoms with van der Waals surface area (Å²) in [6.45, 7) is 6.31. The van der Waals surface area contributed by atoms with Crippen molar-refractivity contribution in [3.63, 3.8) is 0 Å². The first-order chi connectivity index (χ1) is 13.2. The second kappa shape index (κ2) is 8.73. The molecule has 1 amide bonds. The molecule has 3 N–H and O–H groups in total. The molecule has 0 saturated heterocycles. The number of anilines is 2. The molecular formula is C19H27N5O4. The van der Waals surface area contributed by atoms with E-state index in [9.17, 15) is 19.2 Å². The van der Waals surface area contributed by atoms with Crippen LogP contribution < -0.4 is 27.4 Å². The summed E-state index contributed by atoms with van der Waals surface area (Å²) >= 11 is 0. The van der Waals surface area contributed by atoms with Crippen LogP contribution in [-0.2, 0) is 13.6 Å². The van der Waals surface area contributed by atoms with Crippen molar-refractivity contribution in [2.75, 3.05) is 17.2 Å². The number of aromatic amines is 1. The highest BCUT2D eigenvalue weighted by molar-refractivity contribution is 6.07. The number of unbranched alkanes of at least 4 members (excludes halogenated alkanes) is 1. The normalized spacial score (nSPS) is 11.0. The van der Waals surface area contributed by atoms with Crippen LogP contribution >= 0.6 is 0 Å². The Morgan fingerprint density at radius 1 is 1.29 bits per heavy atom. The number of amides is 1. The second-order valence-electron chi connectivity index (χ2n) is 7.17. The van der Waals surface area contributed by atoms with E-state index >= 15 is 0 Å². The number of nitrogens with one attached hydrogen (secondary N) is 1. The molecule has 0 spiro atoms. The summed E-state index contributed by atoms with van der Waals surface area (Å²) in [5.74, 6) is -0.468. The molecule has 0 aliphatic carbocycles. The van der Waals surface area contributed by atoms with Crippen LogP contribution in [0.4, 0.5) is 11.5 Å². The van der Waals surface area contributed by atoms with Crippen LogP contribution in [0.25, 0.3) is 0 Å². The molecule has 9 nitrogen and oxygen atoms in total. The zero-order chi connectivity index (χ0) is 21.0. The Kier molecular flexibility index (Phi) is 6.61. The van der Waals surface area contributed by atoms with Gasteiger partial charge in [0.2, 0.25) is 0 Å². The summed E-state index contributed by atoms with van der Waals surface area (Å²) in [5, 5.41) is 0. The van der Waals surface area contributed by atoms with Gasteiger partial charge in [0.25, 0.3) is 17.0 Å². The molecule has 0 atom stereocenters. The number of aromatic nitrogens is 3. The van der Waals surface area contributed by atoms with Gasteiger partial charge in [-0.15, -0.1) is 0 Å². The van der Waals surface area contributed by atoms with Gasteiger partial charge in [0, 0.05) is 38.0 Å². The summed E-state index contributed by atoms with van der Waals surface area (Å²) in [7, 11) is 1.58. The number of aryl methyl sites for hydroxylation is 1. The Morgan fingerprint density at radius 3 is 2.54 bits per heavy atom.